The first-order chi connectivity index (χ1) is 12.9. The number of pyridine rings is 1. The number of esters is 1. The van der Waals surface area contributed by atoms with Gasteiger partial charge in [-0.1, -0.05) is 11.6 Å². The second kappa shape index (κ2) is 9.14. The van der Waals surface area contributed by atoms with Gasteiger partial charge in [-0.2, -0.15) is 0 Å². The molecule has 2 aromatic rings. The van der Waals surface area contributed by atoms with E-state index in [-0.39, 0.29) is 17.7 Å². The lowest BCUT2D eigenvalue weighted by Gasteiger charge is -2.17. The maximum Gasteiger partial charge on any atom is 0.343 e. The molecule has 0 aliphatic rings. The molecule has 0 aliphatic carbocycles. The van der Waals surface area contributed by atoms with Crippen LogP contribution in [0.3, 0.4) is 0 Å². The average molecular weight is 393 g/mol. The predicted molar refractivity (Wildman–Crippen MR) is 99.6 cm³/mol. The van der Waals surface area contributed by atoms with Gasteiger partial charge in [-0.05, 0) is 37.3 Å². The zero-order valence-corrected chi connectivity index (χ0v) is 15.8. The summed E-state index contributed by atoms with van der Waals surface area (Å²) in [5, 5.41) is -0.451. The number of ketones is 1. The molecule has 0 fully saturated rings. The Morgan fingerprint density at radius 1 is 1.26 bits per heavy atom. The van der Waals surface area contributed by atoms with Gasteiger partial charge in [-0.25, -0.2) is 14.2 Å². The molecule has 0 unspecified atom stereocenters. The lowest BCUT2D eigenvalue weighted by Crippen LogP contribution is -2.21. The van der Waals surface area contributed by atoms with Crippen LogP contribution in [0.5, 0.6) is 5.75 Å². The molecule has 0 atom stereocenters. The standard InChI is InChI=1S/C19H18ClFN2O4/c1-4-27-19(25)15(17(24)14-9-10-22-18(20)16(14)21)11-23(2)12-5-7-13(26-3)8-6-12/h5-11H,4H2,1-3H3. The van der Waals surface area contributed by atoms with Crippen LogP contribution in [-0.4, -0.2) is 37.5 Å². The molecule has 2 rings (SSSR count). The van der Waals surface area contributed by atoms with E-state index < -0.39 is 22.7 Å². The van der Waals surface area contributed by atoms with E-state index in [0.29, 0.717) is 11.4 Å². The minimum atomic E-state index is -0.994. The summed E-state index contributed by atoms with van der Waals surface area (Å²) >= 11 is 5.64. The highest BCUT2D eigenvalue weighted by molar-refractivity contribution is 6.31. The van der Waals surface area contributed by atoms with Crippen LogP contribution in [0.15, 0.2) is 48.3 Å². The van der Waals surface area contributed by atoms with Crippen molar-refractivity contribution in [3.05, 3.63) is 64.8 Å². The van der Waals surface area contributed by atoms with Gasteiger partial charge >= 0.3 is 5.97 Å². The molecule has 0 amide bonds. The monoisotopic (exact) mass is 392 g/mol. The fourth-order valence-corrected chi connectivity index (χ4v) is 2.40. The summed E-state index contributed by atoms with van der Waals surface area (Å²) in [7, 11) is 3.19. The van der Waals surface area contributed by atoms with Gasteiger partial charge in [-0.3, -0.25) is 4.79 Å². The average Bonchev–Trinajstić information content (AvgIpc) is 2.67. The molecule has 0 N–H and O–H groups in total. The first-order valence-corrected chi connectivity index (χ1v) is 8.37. The molecule has 0 saturated heterocycles. The van der Waals surface area contributed by atoms with Crippen molar-refractivity contribution in [3.63, 3.8) is 0 Å². The van der Waals surface area contributed by atoms with Gasteiger partial charge in [0.25, 0.3) is 0 Å². The van der Waals surface area contributed by atoms with Gasteiger partial charge in [0, 0.05) is 25.1 Å². The zero-order valence-electron chi connectivity index (χ0n) is 15.0. The third kappa shape index (κ3) is 4.83. The van der Waals surface area contributed by atoms with Crippen LogP contribution in [0.1, 0.15) is 17.3 Å². The number of benzene rings is 1. The topological polar surface area (TPSA) is 68.7 Å². The maximum atomic E-state index is 14.2. The van der Waals surface area contributed by atoms with E-state index in [4.69, 9.17) is 21.1 Å². The highest BCUT2D eigenvalue weighted by Crippen LogP contribution is 2.22. The smallest absolute Gasteiger partial charge is 0.343 e. The number of nitrogens with zero attached hydrogens (tertiary/aromatic N) is 2. The molecule has 142 valence electrons. The van der Waals surface area contributed by atoms with Gasteiger partial charge in [0.05, 0.1) is 19.3 Å². The minimum absolute atomic E-state index is 0.0648. The van der Waals surface area contributed by atoms with Crippen LogP contribution in [-0.2, 0) is 9.53 Å². The van der Waals surface area contributed by atoms with Gasteiger partial charge in [-0.15, -0.1) is 0 Å². The van der Waals surface area contributed by atoms with Crippen molar-refractivity contribution < 1.29 is 23.5 Å². The fourth-order valence-electron chi connectivity index (χ4n) is 2.24. The van der Waals surface area contributed by atoms with Crippen LogP contribution in [0.4, 0.5) is 10.1 Å². The lowest BCUT2D eigenvalue weighted by atomic mass is 10.0. The van der Waals surface area contributed by atoms with Crippen molar-refractivity contribution in [3.8, 4) is 5.75 Å². The van der Waals surface area contributed by atoms with E-state index in [1.165, 1.54) is 12.4 Å². The molecule has 0 radical (unpaired) electrons. The van der Waals surface area contributed by atoms with Crippen molar-refractivity contribution in [2.75, 3.05) is 25.7 Å². The molecule has 0 aliphatic heterocycles. The summed E-state index contributed by atoms with van der Waals surface area (Å²) in [5.74, 6) is -2.05. The third-order valence-corrected chi connectivity index (χ3v) is 3.90. The Bertz CT molecular complexity index is 869. The third-order valence-electron chi connectivity index (χ3n) is 3.63. The number of methoxy groups -OCH3 is 1. The van der Waals surface area contributed by atoms with E-state index in [2.05, 4.69) is 4.98 Å². The lowest BCUT2D eigenvalue weighted by molar-refractivity contribution is -0.138. The predicted octanol–water partition coefficient (Wildman–Crippen LogP) is 3.65. The van der Waals surface area contributed by atoms with Crippen molar-refractivity contribution in [1.29, 1.82) is 0 Å². The van der Waals surface area contributed by atoms with Crippen LogP contribution in [0.2, 0.25) is 5.15 Å². The van der Waals surface area contributed by atoms with Crippen LogP contribution in [0.25, 0.3) is 0 Å². The highest BCUT2D eigenvalue weighted by Gasteiger charge is 2.26. The molecular weight excluding hydrogens is 375 g/mol. The second-order valence-electron chi connectivity index (χ2n) is 5.36. The molecule has 1 aromatic carbocycles. The fraction of sp³-hybridized carbons (Fsp3) is 0.211. The summed E-state index contributed by atoms with van der Waals surface area (Å²) < 4.78 is 24.2. The van der Waals surface area contributed by atoms with E-state index >= 15 is 0 Å². The highest BCUT2D eigenvalue weighted by atomic mass is 35.5. The first-order valence-electron chi connectivity index (χ1n) is 7.99. The van der Waals surface area contributed by atoms with Gasteiger partial charge in [0.15, 0.2) is 11.0 Å². The second-order valence-corrected chi connectivity index (χ2v) is 5.72. The Labute approximate surface area is 161 Å². The van der Waals surface area contributed by atoms with E-state index in [9.17, 15) is 14.0 Å². The van der Waals surface area contributed by atoms with Crippen molar-refractivity contribution >= 4 is 29.0 Å². The molecule has 27 heavy (non-hydrogen) atoms. The number of anilines is 1. The van der Waals surface area contributed by atoms with E-state index in [1.54, 1.807) is 50.2 Å². The molecule has 1 heterocycles. The molecule has 8 heteroatoms. The van der Waals surface area contributed by atoms with E-state index in [0.717, 1.165) is 6.07 Å². The van der Waals surface area contributed by atoms with Crippen molar-refractivity contribution in [1.82, 2.24) is 4.98 Å². The summed E-state index contributed by atoms with van der Waals surface area (Å²) in [4.78, 5) is 30.2. The number of hydrogen-bond acceptors (Lipinski definition) is 6. The number of aromatic nitrogens is 1. The molecular formula is C19H18ClFN2O4. The maximum absolute atomic E-state index is 14.2. The number of carbonyl (C=O) groups is 2. The quantitative estimate of drug-likeness (QED) is 0.179. The molecule has 1 aromatic heterocycles. The van der Waals surface area contributed by atoms with Gasteiger partial charge in [0.1, 0.15) is 11.3 Å². The number of carbonyl (C=O) groups excluding carboxylic acids is 2. The van der Waals surface area contributed by atoms with E-state index in [1.807, 2.05) is 0 Å². The normalized spacial score (nSPS) is 11.1. The first kappa shape index (κ1) is 20.4. The number of Topliss-reactive ketones (excluding diaryl/α,β-unsaturated/α-hetero) is 1. The Morgan fingerprint density at radius 2 is 1.93 bits per heavy atom. The largest absolute Gasteiger partial charge is 0.497 e. The molecule has 6 nitrogen and oxygen atoms in total. The zero-order chi connectivity index (χ0) is 20.0. The van der Waals surface area contributed by atoms with Crippen LogP contribution < -0.4 is 9.64 Å². The summed E-state index contributed by atoms with van der Waals surface area (Å²) in [6, 6.07) is 8.10. The van der Waals surface area contributed by atoms with Crippen molar-refractivity contribution in [2.45, 2.75) is 6.92 Å². The number of hydrogen-bond donors (Lipinski definition) is 0. The SMILES string of the molecule is CCOC(=O)C(=CN(C)c1ccc(OC)cc1)C(=O)c1ccnc(Cl)c1F. The Morgan fingerprint density at radius 3 is 2.52 bits per heavy atom. The molecule has 0 saturated carbocycles. The van der Waals surface area contributed by atoms with Gasteiger partial charge in [0.2, 0.25) is 5.78 Å². The van der Waals surface area contributed by atoms with Crippen LogP contribution >= 0.6 is 11.6 Å². The van der Waals surface area contributed by atoms with Crippen LogP contribution in [0, 0.1) is 5.82 Å². The summed E-state index contributed by atoms with van der Waals surface area (Å²) in [5.41, 5.74) is -0.0209. The summed E-state index contributed by atoms with van der Waals surface area (Å²) in [6.45, 7) is 1.67. The Kier molecular flexibility index (Phi) is 6.90. The van der Waals surface area contributed by atoms with Crippen molar-refractivity contribution in [2.24, 2.45) is 0 Å². The van der Waals surface area contributed by atoms with Gasteiger partial charge < -0.3 is 14.4 Å². The minimum Gasteiger partial charge on any atom is -0.497 e. The Balaban J connectivity index is 2.43. The summed E-state index contributed by atoms with van der Waals surface area (Å²) in [6.07, 6.45) is 2.48. The number of ether oxygens (including phenoxy) is 2. The Hall–Kier alpha value is -2.93. The molecule has 0 bridgehead atoms. The molecule has 0 spiro atoms. The number of rotatable bonds is 7. The number of halogens is 2.